The first-order chi connectivity index (χ1) is 7.45. The SMILES string of the molecule is CCOC(=O)CC(CCC(C)C)CC(=O)O. The first-order valence-electron chi connectivity index (χ1n) is 5.83. The molecule has 94 valence electrons. The molecule has 16 heavy (non-hydrogen) atoms. The Hall–Kier alpha value is -1.06. The fraction of sp³-hybridized carbons (Fsp3) is 0.833. The zero-order valence-electron chi connectivity index (χ0n) is 10.4. The molecule has 4 heteroatoms. The van der Waals surface area contributed by atoms with Gasteiger partial charge in [-0.3, -0.25) is 9.59 Å². The van der Waals surface area contributed by atoms with E-state index in [1.165, 1.54) is 0 Å². The molecule has 0 aromatic heterocycles. The molecule has 0 saturated heterocycles. The van der Waals surface area contributed by atoms with E-state index in [-0.39, 0.29) is 24.7 Å². The molecule has 0 heterocycles. The number of ether oxygens (including phenoxy) is 1. The maximum atomic E-state index is 11.3. The van der Waals surface area contributed by atoms with Crippen molar-refractivity contribution in [2.24, 2.45) is 11.8 Å². The van der Waals surface area contributed by atoms with Gasteiger partial charge in [0.2, 0.25) is 0 Å². The predicted octanol–water partition coefficient (Wildman–Crippen LogP) is 2.47. The van der Waals surface area contributed by atoms with Crippen LogP contribution in [0.25, 0.3) is 0 Å². The molecular formula is C12H22O4. The summed E-state index contributed by atoms with van der Waals surface area (Å²) in [5, 5.41) is 8.74. The van der Waals surface area contributed by atoms with Crippen LogP contribution in [0.3, 0.4) is 0 Å². The van der Waals surface area contributed by atoms with Gasteiger partial charge < -0.3 is 9.84 Å². The lowest BCUT2D eigenvalue weighted by Crippen LogP contribution is -2.15. The average Bonchev–Trinajstić information content (AvgIpc) is 2.13. The molecule has 0 amide bonds. The molecule has 1 N–H and O–H groups in total. The number of hydrogen-bond donors (Lipinski definition) is 1. The van der Waals surface area contributed by atoms with Crippen molar-refractivity contribution < 1.29 is 19.4 Å². The minimum absolute atomic E-state index is 0.0472. The molecule has 4 nitrogen and oxygen atoms in total. The minimum atomic E-state index is -0.849. The van der Waals surface area contributed by atoms with Crippen LogP contribution in [0, 0.1) is 11.8 Å². The van der Waals surface area contributed by atoms with E-state index in [1.807, 2.05) is 0 Å². The molecule has 0 aromatic carbocycles. The van der Waals surface area contributed by atoms with Gasteiger partial charge in [-0.1, -0.05) is 20.3 Å². The number of rotatable bonds is 8. The van der Waals surface area contributed by atoms with Gasteiger partial charge in [-0.25, -0.2) is 0 Å². The van der Waals surface area contributed by atoms with Crippen LogP contribution in [0.1, 0.15) is 46.5 Å². The highest BCUT2D eigenvalue weighted by molar-refractivity contribution is 5.72. The number of carbonyl (C=O) groups excluding carboxylic acids is 1. The van der Waals surface area contributed by atoms with Gasteiger partial charge in [-0.2, -0.15) is 0 Å². The molecule has 0 bridgehead atoms. The van der Waals surface area contributed by atoms with Crippen LogP contribution in [0.4, 0.5) is 0 Å². The standard InChI is InChI=1S/C12H22O4/c1-4-16-12(15)8-10(7-11(13)14)6-5-9(2)3/h9-10H,4-8H2,1-3H3,(H,13,14). The van der Waals surface area contributed by atoms with E-state index in [9.17, 15) is 9.59 Å². The normalized spacial score (nSPS) is 12.5. The fourth-order valence-corrected chi connectivity index (χ4v) is 1.55. The highest BCUT2D eigenvalue weighted by Crippen LogP contribution is 2.19. The Bertz CT molecular complexity index is 223. The van der Waals surface area contributed by atoms with Crippen molar-refractivity contribution in [3.63, 3.8) is 0 Å². The highest BCUT2D eigenvalue weighted by Gasteiger charge is 2.18. The quantitative estimate of drug-likeness (QED) is 0.650. The van der Waals surface area contributed by atoms with Crippen molar-refractivity contribution in [2.45, 2.75) is 46.5 Å². The molecule has 0 aliphatic heterocycles. The minimum Gasteiger partial charge on any atom is -0.481 e. The first kappa shape index (κ1) is 14.9. The summed E-state index contributed by atoms with van der Waals surface area (Å²) in [6, 6.07) is 0. The zero-order chi connectivity index (χ0) is 12.6. The Balaban J connectivity index is 4.08. The van der Waals surface area contributed by atoms with Crippen LogP contribution in [0.15, 0.2) is 0 Å². The average molecular weight is 230 g/mol. The molecule has 0 aliphatic carbocycles. The van der Waals surface area contributed by atoms with Gasteiger partial charge in [0, 0.05) is 12.8 Å². The van der Waals surface area contributed by atoms with E-state index in [4.69, 9.17) is 9.84 Å². The molecule has 0 fully saturated rings. The number of aliphatic carboxylic acids is 1. The Morgan fingerprint density at radius 3 is 2.25 bits per heavy atom. The van der Waals surface area contributed by atoms with Gasteiger partial charge in [0.05, 0.1) is 6.61 Å². The lowest BCUT2D eigenvalue weighted by Gasteiger charge is -2.15. The summed E-state index contributed by atoms with van der Waals surface area (Å²) < 4.78 is 4.83. The number of hydrogen-bond acceptors (Lipinski definition) is 3. The van der Waals surface area contributed by atoms with Gasteiger partial charge in [-0.15, -0.1) is 0 Å². The summed E-state index contributed by atoms with van der Waals surface area (Å²) in [5.74, 6) is -0.715. The van der Waals surface area contributed by atoms with Gasteiger partial charge in [-0.05, 0) is 25.2 Å². The Kier molecular flexibility index (Phi) is 7.60. The van der Waals surface area contributed by atoms with Crippen molar-refractivity contribution in [1.29, 1.82) is 0 Å². The second-order valence-electron chi connectivity index (χ2n) is 4.44. The van der Waals surface area contributed by atoms with Crippen molar-refractivity contribution in [3.8, 4) is 0 Å². The maximum absolute atomic E-state index is 11.3. The van der Waals surface area contributed by atoms with Gasteiger partial charge in [0.1, 0.15) is 0 Å². The van der Waals surface area contributed by atoms with Gasteiger partial charge in [0.15, 0.2) is 0 Å². The lowest BCUT2D eigenvalue weighted by molar-refractivity contribution is -0.145. The third-order valence-corrected chi connectivity index (χ3v) is 2.38. The van der Waals surface area contributed by atoms with E-state index in [0.717, 1.165) is 12.8 Å². The van der Waals surface area contributed by atoms with Gasteiger partial charge in [0.25, 0.3) is 0 Å². The molecule has 0 radical (unpaired) electrons. The van der Waals surface area contributed by atoms with Crippen LogP contribution in [-0.4, -0.2) is 23.7 Å². The topological polar surface area (TPSA) is 63.6 Å². The molecule has 0 aromatic rings. The van der Waals surface area contributed by atoms with Crippen molar-refractivity contribution in [3.05, 3.63) is 0 Å². The molecule has 0 spiro atoms. The summed E-state index contributed by atoms with van der Waals surface area (Å²) in [6.45, 7) is 6.27. The van der Waals surface area contributed by atoms with E-state index < -0.39 is 5.97 Å². The highest BCUT2D eigenvalue weighted by atomic mass is 16.5. The predicted molar refractivity (Wildman–Crippen MR) is 61.1 cm³/mol. The molecule has 1 unspecified atom stereocenters. The molecule has 1 atom stereocenters. The third-order valence-electron chi connectivity index (χ3n) is 2.38. The summed E-state index contributed by atoms with van der Waals surface area (Å²) in [4.78, 5) is 21.9. The lowest BCUT2D eigenvalue weighted by atomic mass is 9.92. The van der Waals surface area contributed by atoms with Crippen LogP contribution < -0.4 is 0 Å². The van der Waals surface area contributed by atoms with E-state index >= 15 is 0 Å². The fourth-order valence-electron chi connectivity index (χ4n) is 1.55. The molecule has 0 rings (SSSR count). The number of esters is 1. The van der Waals surface area contributed by atoms with Crippen molar-refractivity contribution >= 4 is 11.9 Å². The second kappa shape index (κ2) is 8.13. The summed E-state index contributed by atoms with van der Waals surface area (Å²) in [6.07, 6.45) is 1.97. The third kappa shape index (κ3) is 8.26. The van der Waals surface area contributed by atoms with Crippen LogP contribution in [-0.2, 0) is 14.3 Å². The zero-order valence-corrected chi connectivity index (χ0v) is 10.4. The Morgan fingerprint density at radius 2 is 1.81 bits per heavy atom. The van der Waals surface area contributed by atoms with E-state index in [0.29, 0.717) is 12.5 Å². The number of carboxylic acids is 1. The van der Waals surface area contributed by atoms with E-state index in [1.54, 1.807) is 6.92 Å². The first-order valence-corrected chi connectivity index (χ1v) is 5.83. The Morgan fingerprint density at radius 1 is 1.19 bits per heavy atom. The Labute approximate surface area is 97.0 Å². The molecule has 0 saturated carbocycles. The van der Waals surface area contributed by atoms with Crippen LogP contribution >= 0.6 is 0 Å². The van der Waals surface area contributed by atoms with Crippen molar-refractivity contribution in [2.75, 3.05) is 6.61 Å². The smallest absolute Gasteiger partial charge is 0.306 e. The largest absolute Gasteiger partial charge is 0.481 e. The van der Waals surface area contributed by atoms with Crippen molar-refractivity contribution in [1.82, 2.24) is 0 Å². The van der Waals surface area contributed by atoms with Crippen LogP contribution in [0.2, 0.25) is 0 Å². The van der Waals surface area contributed by atoms with Crippen LogP contribution in [0.5, 0.6) is 0 Å². The monoisotopic (exact) mass is 230 g/mol. The van der Waals surface area contributed by atoms with E-state index in [2.05, 4.69) is 13.8 Å². The summed E-state index contributed by atoms with van der Waals surface area (Å²) >= 11 is 0. The number of carboxylic acid groups (broad SMARTS) is 1. The maximum Gasteiger partial charge on any atom is 0.306 e. The summed E-state index contributed by atoms with van der Waals surface area (Å²) in [7, 11) is 0. The second-order valence-corrected chi connectivity index (χ2v) is 4.44. The van der Waals surface area contributed by atoms with Gasteiger partial charge >= 0.3 is 11.9 Å². The summed E-state index contributed by atoms with van der Waals surface area (Å²) in [5.41, 5.74) is 0. The molecule has 0 aliphatic rings. The molecular weight excluding hydrogens is 208 g/mol. The number of carbonyl (C=O) groups is 2.